The molecule has 1 atom stereocenters. The fourth-order valence-corrected chi connectivity index (χ4v) is 3.11. The van der Waals surface area contributed by atoms with Crippen LogP contribution in [0.5, 0.6) is 11.5 Å². The van der Waals surface area contributed by atoms with E-state index in [1.807, 2.05) is 32.0 Å². The topological polar surface area (TPSA) is 40.5 Å². The third-order valence-electron chi connectivity index (χ3n) is 4.19. The Bertz CT molecular complexity index is 634. The number of hydrogen-bond acceptors (Lipinski definition) is 2. The number of phenolic OH excluding ortho intramolecular Hbond substituents is 2. The van der Waals surface area contributed by atoms with E-state index in [0.29, 0.717) is 17.4 Å². The molecular formula is C19H24O2. The predicted molar refractivity (Wildman–Crippen MR) is 87.3 cm³/mol. The van der Waals surface area contributed by atoms with Crippen molar-refractivity contribution in [2.75, 3.05) is 0 Å². The van der Waals surface area contributed by atoms with E-state index < -0.39 is 0 Å². The van der Waals surface area contributed by atoms with E-state index in [4.69, 9.17) is 0 Å². The summed E-state index contributed by atoms with van der Waals surface area (Å²) >= 11 is 0. The lowest BCUT2D eigenvalue weighted by molar-refractivity contribution is 0.464. The van der Waals surface area contributed by atoms with Gasteiger partial charge in [-0.05, 0) is 65.8 Å². The van der Waals surface area contributed by atoms with Gasteiger partial charge in [0.15, 0.2) is 0 Å². The van der Waals surface area contributed by atoms with Crippen molar-refractivity contribution >= 4 is 0 Å². The quantitative estimate of drug-likeness (QED) is 0.833. The second kappa shape index (κ2) is 5.80. The first kappa shape index (κ1) is 15.4. The molecule has 0 saturated carbocycles. The molecule has 0 aliphatic rings. The lowest BCUT2D eigenvalue weighted by atomic mass is 9.85. The molecule has 2 rings (SSSR count). The molecule has 2 nitrogen and oxygen atoms in total. The van der Waals surface area contributed by atoms with Crippen molar-refractivity contribution in [3.8, 4) is 11.5 Å². The molecule has 21 heavy (non-hydrogen) atoms. The smallest absolute Gasteiger partial charge is 0.119 e. The second-order valence-electron chi connectivity index (χ2n) is 6.19. The van der Waals surface area contributed by atoms with Crippen molar-refractivity contribution in [3.05, 3.63) is 58.1 Å². The first-order chi connectivity index (χ1) is 9.81. The third-order valence-corrected chi connectivity index (χ3v) is 4.19. The summed E-state index contributed by atoms with van der Waals surface area (Å²) < 4.78 is 0. The molecular weight excluding hydrogens is 260 g/mol. The van der Waals surface area contributed by atoms with Gasteiger partial charge in [0.2, 0.25) is 0 Å². The summed E-state index contributed by atoms with van der Waals surface area (Å²) in [5, 5.41) is 19.7. The van der Waals surface area contributed by atoms with Gasteiger partial charge in [-0.3, -0.25) is 0 Å². The Morgan fingerprint density at radius 3 is 1.95 bits per heavy atom. The molecule has 0 bridgehead atoms. The zero-order valence-electron chi connectivity index (χ0n) is 13.4. The van der Waals surface area contributed by atoms with Crippen LogP contribution in [0.1, 0.15) is 60.4 Å². The van der Waals surface area contributed by atoms with E-state index in [1.165, 1.54) is 11.1 Å². The molecule has 0 aromatic heterocycles. The highest BCUT2D eigenvalue weighted by atomic mass is 16.3. The Hall–Kier alpha value is -1.96. The van der Waals surface area contributed by atoms with Crippen LogP contribution in [0, 0.1) is 13.8 Å². The minimum atomic E-state index is 0.226. The van der Waals surface area contributed by atoms with E-state index in [2.05, 4.69) is 26.8 Å². The molecule has 2 aromatic carbocycles. The minimum absolute atomic E-state index is 0.226. The van der Waals surface area contributed by atoms with Gasteiger partial charge in [0.25, 0.3) is 0 Å². The van der Waals surface area contributed by atoms with Crippen molar-refractivity contribution in [2.24, 2.45) is 0 Å². The van der Waals surface area contributed by atoms with Crippen LogP contribution in [-0.2, 0) is 0 Å². The molecule has 0 amide bonds. The largest absolute Gasteiger partial charge is 0.508 e. The molecule has 2 aromatic rings. The molecule has 0 radical (unpaired) electrons. The summed E-state index contributed by atoms with van der Waals surface area (Å²) in [6.07, 6.45) is 0. The second-order valence-corrected chi connectivity index (χ2v) is 6.19. The number of hydrogen-bond donors (Lipinski definition) is 2. The molecule has 1 unspecified atom stereocenters. The summed E-state index contributed by atoms with van der Waals surface area (Å²) in [6.45, 7) is 10.4. The molecule has 2 heteroatoms. The fraction of sp³-hybridized carbons (Fsp3) is 0.368. The average molecular weight is 284 g/mol. The Kier molecular flexibility index (Phi) is 4.26. The predicted octanol–water partition coefficient (Wildman–Crippen LogP) is 4.99. The van der Waals surface area contributed by atoms with Crippen molar-refractivity contribution in [2.45, 2.75) is 46.5 Å². The minimum Gasteiger partial charge on any atom is -0.508 e. The van der Waals surface area contributed by atoms with Crippen molar-refractivity contribution in [1.82, 2.24) is 0 Å². The number of rotatable bonds is 3. The Morgan fingerprint density at radius 2 is 1.43 bits per heavy atom. The maximum absolute atomic E-state index is 9.97. The zero-order valence-corrected chi connectivity index (χ0v) is 13.4. The van der Waals surface area contributed by atoms with Crippen LogP contribution in [0.4, 0.5) is 0 Å². The summed E-state index contributed by atoms with van der Waals surface area (Å²) in [5.74, 6) is 1.19. The van der Waals surface area contributed by atoms with Crippen LogP contribution in [0.25, 0.3) is 0 Å². The summed E-state index contributed by atoms with van der Waals surface area (Å²) in [5.41, 5.74) is 5.60. The zero-order chi connectivity index (χ0) is 15.7. The van der Waals surface area contributed by atoms with Crippen molar-refractivity contribution < 1.29 is 10.2 Å². The monoisotopic (exact) mass is 284 g/mol. The molecule has 0 heterocycles. The maximum atomic E-state index is 9.97. The van der Waals surface area contributed by atoms with Crippen molar-refractivity contribution in [1.29, 1.82) is 0 Å². The number of benzene rings is 2. The van der Waals surface area contributed by atoms with E-state index in [1.54, 1.807) is 6.07 Å². The molecule has 0 fully saturated rings. The van der Waals surface area contributed by atoms with E-state index in [0.717, 1.165) is 16.7 Å². The van der Waals surface area contributed by atoms with Crippen LogP contribution in [0.15, 0.2) is 30.3 Å². The highest BCUT2D eigenvalue weighted by Crippen LogP contribution is 2.35. The molecule has 2 N–H and O–H groups in total. The average Bonchev–Trinajstić information content (AvgIpc) is 2.37. The number of aromatic hydroxyl groups is 2. The normalized spacial score (nSPS) is 12.7. The van der Waals surface area contributed by atoms with E-state index >= 15 is 0 Å². The third kappa shape index (κ3) is 3.05. The highest BCUT2D eigenvalue weighted by Gasteiger charge is 2.16. The highest BCUT2D eigenvalue weighted by molar-refractivity contribution is 5.48. The van der Waals surface area contributed by atoms with Gasteiger partial charge in [-0.1, -0.05) is 32.9 Å². The van der Waals surface area contributed by atoms with Gasteiger partial charge >= 0.3 is 0 Å². The fourth-order valence-electron chi connectivity index (χ4n) is 3.11. The number of aryl methyl sites for hydroxylation is 2. The van der Waals surface area contributed by atoms with Gasteiger partial charge in [0.05, 0.1) is 0 Å². The van der Waals surface area contributed by atoms with Crippen LogP contribution in [0.3, 0.4) is 0 Å². The van der Waals surface area contributed by atoms with Crippen LogP contribution >= 0.6 is 0 Å². The Labute approximate surface area is 127 Å². The summed E-state index contributed by atoms with van der Waals surface area (Å²) in [6, 6.07) is 9.48. The van der Waals surface area contributed by atoms with E-state index in [-0.39, 0.29) is 5.92 Å². The molecule has 0 aliphatic heterocycles. The Morgan fingerprint density at radius 1 is 0.857 bits per heavy atom. The summed E-state index contributed by atoms with van der Waals surface area (Å²) in [7, 11) is 0. The first-order valence-corrected chi connectivity index (χ1v) is 7.44. The van der Waals surface area contributed by atoms with Gasteiger partial charge in [-0.15, -0.1) is 0 Å². The van der Waals surface area contributed by atoms with Gasteiger partial charge < -0.3 is 10.2 Å². The lowest BCUT2D eigenvalue weighted by Crippen LogP contribution is -2.03. The first-order valence-electron chi connectivity index (χ1n) is 7.44. The van der Waals surface area contributed by atoms with Crippen LogP contribution < -0.4 is 0 Å². The van der Waals surface area contributed by atoms with Crippen LogP contribution in [-0.4, -0.2) is 10.2 Å². The summed E-state index contributed by atoms with van der Waals surface area (Å²) in [4.78, 5) is 0. The SMILES string of the molecule is Cc1cc(O)cc(C)c1C(C)c1ccc(O)c(C(C)C)c1. The molecule has 112 valence electrons. The Balaban J connectivity index is 2.50. The number of phenols is 2. The van der Waals surface area contributed by atoms with Gasteiger partial charge in [0.1, 0.15) is 11.5 Å². The molecule has 0 saturated heterocycles. The van der Waals surface area contributed by atoms with Gasteiger partial charge in [0, 0.05) is 5.92 Å². The maximum Gasteiger partial charge on any atom is 0.119 e. The molecule has 0 aliphatic carbocycles. The molecule has 0 spiro atoms. The van der Waals surface area contributed by atoms with Gasteiger partial charge in [-0.25, -0.2) is 0 Å². The lowest BCUT2D eigenvalue weighted by Gasteiger charge is -2.20. The van der Waals surface area contributed by atoms with Crippen molar-refractivity contribution in [3.63, 3.8) is 0 Å². The van der Waals surface area contributed by atoms with E-state index in [9.17, 15) is 10.2 Å². The van der Waals surface area contributed by atoms with Crippen LogP contribution in [0.2, 0.25) is 0 Å². The van der Waals surface area contributed by atoms with Gasteiger partial charge in [-0.2, -0.15) is 0 Å². The standard InChI is InChI=1S/C19H24O2/c1-11(2)17-10-15(6-7-18(17)21)14(5)19-12(3)8-16(20)9-13(19)4/h6-11,14,20-21H,1-5H3.